The van der Waals surface area contributed by atoms with Gasteiger partial charge in [0.1, 0.15) is 18.9 Å². The molecule has 0 amide bonds. The topological polar surface area (TPSA) is 16.6 Å². The van der Waals surface area contributed by atoms with Gasteiger partial charge >= 0.3 is 0 Å². The Hall–Kier alpha value is -1.67. The molecule has 2 rings (SSSR count). The van der Waals surface area contributed by atoms with Crippen molar-refractivity contribution in [2.75, 3.05) is 0 Å². The van der Waals surface area contributed by atoms with Gasteiger partial charge in [0.25, 0.3) is 0 Å². The molecule has 0 fully saturated rings. The van der Waals surface area contributed by atoms with E-state index in [2.05, 4.69) is 17.4 Å². The normalized spacial score (nSPS) is 10.3. The third-order valence-corrected chi connectivity index (χ3v) is 2.52. The van der Waals surface area contributed by atoms with Gasteiger partial charge in [0, 0.05) is 11.1 Å². The minimum Gasteiger partial charge on any atom is -0.339 e. The van der Waals surface area contributed by atoms with E-state index in [1.165, 1.54) is 17.7 Å². The first-order chi connectivity index (χ1) is 7.84. The Kier molecular flexibility index (Phi) is 3.67. The number of rotatable bonds is 4. The zero-order chi connectivity index (χ0) is 11.2. The fourth-order valence-corrected chi connectivity index (χ4v) is 1.64. The van der Waals surface area contributed by atoms with Crippen LogP contribution in [-0.4, -0.2) is 0 Å². The second-order valence-corrected chi connectivity index (χ2v) is 3.81. The van der Waals surface area contributed by atoms with Crippen LogP contribution in [0.4, 0.5) is 4.39 Å². The van der Waals surface area contributed by atoms with Crippen LogP contribution in [0.2, 0.25) is 0 Å². The highest BCUT2D eigenvalue weighted by Gasteiger charge is 1.97. The fraction of sp³-hybridized carbons (Fsp3) is 0.143. The highest BCUT2D eigenvalue weighted by Crippen LogP contribution is 2.00. The van der Waals surface area contributed by atoms with Crippen LogP contribution in [0.15, 0.2) is 54.6 Å². The molecule has 1 nitrogen and oxygen atoms in total. The molecule has 0 unspecified atom stereocenters. The molecule has 0 aliphatic carbocycles. The summed E-state index contributed by atoms with van der Waals surface area (Å²) in [6.45, 7) is 1.84. The summed E-state index contributed by atoms with van der Waals surface area (Å²) in [6.07, 6.45) is 0. The molecule has 0 heterocycles. The lowest BCUT2D eigenvalue weighted by Crippen LogP contribution is -2.80. The first kappa shape index (κ1) is 10.8. The molecule has 0 saturated heterocycles. The first-order valence-electron chi connectivity index (χ1n) is 5.44. The number of benzene rings is 2. The molecule has 0 radical (unpaired) electrons. The molecule has 0 saturated carbocycles. The SMILES string of the molecule is Fc1ccc(C[NH2+]Cc2ccccc2)cc1. The van der Waals surface area contributed by atoms with Gasteiger partial charge in [-0.2, -0.15) is 0 Å². The van der Waals surface area contributed by atoms with E-state index in [4.69, 9.17) is 0 Å². The van der Waals surface area contributed by atoms with E-state index in [0.29, 0.717) is 0 Å². The van der Waals surface area contributed by atoms with Crippen LogP contribution >= 0.6 is 0 Å². The highest BCUT2D eigenvalue weighted by molar-refractivity contribution is 5.15. The van der Waals surface area contributed by atoms with Crippen molar-refractivity contribution in [1.29, 1.82) is 0 Å². The van der Waals surface area contributed by atoms with Crippen LogP contribution < -0.4 is 5.32 Å². The molecule has 2 heteroatoms. The van der Waals surface area contributed by atoms with Gasteiger partial charge in [-0.05, 0) is 12.1 Å². The van der Waals surface area contributed by atoms with E-state index in [-0.39, 0.29) is 5.82 Å². The van der Waals surface area contributed by atoms with E-state index in [1.54, 1.807) is 0 Å². The molecule has 2 N–H and O–H groups in total. The number of nitrogens with two attached hydrogens (primary N) is 1. The molecule has 2 aromatic rings. The third-order valence-electron chi connectivity index (χ3n) is 2.52. The number of hydrogen-bond donors (Lipinski definition) is 1. The van der Waals surface area contributed by atoms with Crippen molar-refractivity contribution >= 4 is 0 Å². The molecule has 0 atom stereocenters. The lowest BCUT2D eigenvalue weighted by molar-refractivity contribution is -0.686. The molecule has 0 aliphatic rings. The maximum absolute atomic E-state index is 12.7. The maximum Gasteiger partial charge on any atom is 0.123 e. The van der Waals surface area contributed by atoms with Gasteiger partial charge in [-0.1, -0.05) is 42.5 Å². The Bertz CT molecular complexity index is 422. The average Bonchev–Trinajstić information content (AvgIpc) is 2.33. The number of halogens is 1. The Morgan fingerprint density at radius 2 is 1.31 bits per heavy atom. The number of hydrogen-bond acceptors (Lipinski definition) is 0. The summed E-state index contributed by atoms with van der Waals surface area (Å²) in [4.78, 5) is 0. The van der Waals surface area contributed by atoms with Crippen LogP contribution in [0.1, 0.15) is 11.1 Å². The zero-order valence-electron chi connectivity index (χ0n) is 9.07. The second kappa shape index (κ2) is 5.42. The van der Waals surface area contributed by atoms with Gasteiger partial charge in [-0.15, -0.1) is 0 Å². The van der Waals surface area contributed by atoms with Crippen LogP contribution in [0.25, 0.3) is 0 Å². The van der Waals surface area contributed by atoms with Crippen LogP contribution in [0.3, 0.4) is 0 Å². The van der Waals surface area contributed by atoms with E-state index >= 15 is 0 Å². The third kappa shape index (κ3) is 3.17. The maximum atomic E-state index is 12.7. The van der Waals surface area contributed by atoms with Gasteiger partial charge in [-0.25, -0.2) is 4.39 Å². The Morgan fingerprint density at radius 1 is 0.750 bits per heavy atom. The van der Waals surface area contributed by atoms with Crippen LogP contribution in [0.5, 0.6) is 0 Å². The van der Waals surface area contributed by atoms with Crippen molar-refractivity contribution in [3.63, 3.8) is 0 Å². The van der Waals surface area contributed by atoms with E-state index in [1.807, 2.05) is 30.3 Å². The molecule has 16 heavy (non-hydrogen) atoms. The number of quaternary nitrogens is 1. The Morgan fingerprint density at radius 3 is 1.94 bits per heavy atom. The minimum atomic E-state index is -0.174. The van der Waals surface area contributed by atoms with Crippen molar-refractivity contribution in [3.05, 3.63) is 71.5 Å². The minimum absolute atomic E-state index is 0.174. The largest absolute Gasteiger partial charge is 0.339 e. The molecule has 0 spiro atoms. The summed E-state index contributed by atoms with van der Waals surface area (Å²) in [5.41, 5.74) is 2.46. The van der Waals surface area contributed by atoms with Crippen molar-refractivity contribution < 1.29 is 9.71 Å². The fourth-order valence-electron chi connectivity index (χ4n) is 1.64. The molecule has 2 aromatic carbocycles. The smallest absolute Gasteiger partial charge is 0.123 e. The van der Waals surface area contributed by atoms with Gasteiger partial charge in [-0.3, -0.25) is 0 Å². The average molecular weight is 216 g/mol. The molecule has 0 aliphatic heterocycles. The predicted octanol–water partition coefficient (Wildman–Crippen LogP) is 2.09. The highest BCUT2D eigenvalue weighted by atomic mass is 19.1. The van der Waals surface area contributed by atoms with Gasteiger partial charge in [0.2, 0.25) is 0 Å². The Labute approximate surface area is 94.9 Å². The predicted molar refractivity (Wildman–Crippen MR) is 62.2 cm³/mol. The summed E-state index contributed by atoms with van der Waals surface area (Å²) >= 11 is 0. The van der Waals surface area contributed by atoms with Gasteiger partial charge < -0.3 is 5.32 Å². The summed E-state index contributed by atoms with van der Waals surface area (Å²) in [5.74, 6) is -0.174. The first-order valence-corrected chi connectivity index (χ1v) is 5.44. The van der Waals surface area contributed by atoms with Crippen molar-refractivity contribution in [1.82, 2.24) is 0 Å². The monoisotopic (exact) mass is 216 g/mol. The standard InChI is InChI=1S/C14H14FN/c15-14-8-6-13(7-9-14)11-16-10-12-4-2-1-3-5-12/h1-9,16H,10-11H2/p+1. The zero-order valence-corrected chi connectivity index (χ0v) is 9.07. The summed E-state index contributed by atoms with van der Waals surface area (Å²) < 4.78 is 12.7. The van der Waals surface area contributed by atoms with Gasteiger partial charge in [0.05, 0.1) is 0 Å². The molecule has 0 aromatic heterocycles. The summed E-state index contributed by atoms with van der Waals surface area (Å²) in [6, 6.07) is 17.0. The second-order valence-electron chi connectivity index (χ2n) is 3.81. The molecule has 0 bridgehead atoms. The van der Waals surface area contributed by atoms with Crippen LogP contribution in [0, 0.1) is 5.82 Å². The lowest BCUT2D eigenvalue weighted by atomic mass is 10.2. The van der Waals surface area contributed by atoms with E-state index in [0.717, 1.165) is 18.7 Å². The quantitative estimate of drug-likeness (QED) is 0.806. The van der Waals surface area contributed by atoms with E-state index in [9.17, 15) is 4.39 Å². The Balaban J connectivity index is 1.82. The van der Waals surface area contributed by atoms with Gasteiger partial charge in [0.15, 0.2) is 0 Å². The summed E-state index contributed by atoms with van der Waals surface area (Å²) in [5, 5.41) is 2.21. The van der Waals surface area contributed by atoms with Crippen molar-refractivity contribution in [2.24, 2.45) is 0 Å². The summed E-state index contributed by atoms with van der Waals surface area (Å²) in [7, 11) is 0. The van der Waals surface area contributed by atoms with Crippen molar-refractivity contribution in [3.8, 4) is 0 Å². The molecular weight excluding hydrogens is 201 g/mol. The molecular formula is C14H15FN+. The molecule has 82 valence electrons. The van der Waals surface area contributed by atoms with Crippen LogP contribution in [-0.2, 0) is 13.1 Å². The van der Waals surface area contributed by atoms with Crippen molar-refractivity contribution in [2.45, 2.75) is 13.1 Å². The van der Waals surface area contributed by atoms with E-state index < -0.39 is 0 Å². The lowest BCUT2D eigenvalue weighted by Gasteiger charge is -2.02.